The van der Waals surface area contributed by atoms with E-state index in [-0.39, 0.29) is 5.91 Å². The van der Waals surface area contributed by atoms with Gasteiger partial charge in [0.05, 0.1) is 0 Å². The molecule has 5 heteroatoms. The number of aromatic nitrogens is 1. The minimum atomic E-state index is -0.0335. The lowest BCUT2D eigenvalue weighted by atomic mass is 10.2. The van der Waals surface area contributed by atoms with Crippen LogP contribution < -0.4 is 10.6 Å². The zero-order chi connectivity index (χ0) is 15.7. The highest BCUT2D eigenvalue weighted by Gasteiger charge is 2.06. The van der Waals surface area contributed by atoms with E-state index in [4.69, 9.17) is 0 Å². The molecule has 0 spiro atoms. The largest absolute Gasteiger partial charge is 0.370 e. The Balaban J connectivity index is 2.29. The fourth-order valence-electron chi connectivity index (χ4n) is 1.90. The first-order valence-corrected chi connectivity index (χ1v) is 7.73. The van der Waals surface area contributed by atoms with Gasteiger partial charge in [0, 0.05) is 30.9 Å². The van der Waals surface area contributed by atoms with Gasteiger partial charge >= 0.3 is 0 Å². The van der Waals surface area contributed by atoms with Gasteiger partial charge in [0.15, 0.2) is 0 Å². The predicted octanol–water partition coefficient (Wildman–Crippen LogP) is 2.36. The van der Waals surface area contributed by atoms with Crippen LogP contribution in [0.3, 0.4) is 0 Å². The summed E-state index contributed by atoms with van der Waals surface area (Å²) in [4.78, 5) is 18.5. The maximum atomic E-state index is 12.0. The maximum absolute atomic E-state index is 12.0. The van der Waals surface area contributed by atoms with E-state index in [1.807, 2.05) is 6.92 Å². The zero-order valence-electron chi connectivity index (χ0n) is 13.6. The van der Waals surface area contributed by atoms with Crippen LogP contribution in [0.1, 0.15) is 44.0 Å². The maximum Gasteiger partial charge on any atom is 0.251 e. The van der Waals surface area contributed by atoms with E-state index < -0.39 is 0 Å². The Bertz CT molecular complexity index is 434. The Kier molecular flexibility index (Phi) is 7.75. The lowest BCUT2D eigenvalue weighted by Crippen LogP contribution is -2.29. The first-order chi connectivity index (χ1) is 10.0. The first-order valence-electron chi connectivity index (χ1n) is 7.73. The Hall–Kier alpha value is -1.62. The van der Waals surface area contributed by atoms with Crippen LogP contribution >= 0.6 is 0 Å². The molecule has 5 nitrogen and oxygen atoms in total. The highest BCUT2D eigenvalue weighted by atomic mass is 16.1. The molecule has 0 aliphatic carbocycles. The number of hydrogen-bond acceptors (Lipinski definition) is 4. The minimum absolute atomic E-state index is 0.0335. The van der Waals surface area contributed by atoms with Crippen LogP contribution in [0.15, 0.2) is 18.3 Å². The molecule has 1 rings (SSSR count). The lowest BCUT2D eigenvalue weighted by molar-refractivity contribution is 0.0952. The molecule has 0 unspecified atom stereocenters. The molecule has 1 aromatic heterocycles. The summed E-state index contributed by atoms with van der Waals surface area (Å²) in [5, 5.41) is 6.06. The Morgan fingerprint density at radius 3 is 2.81 bits per heavy atom. The molecule has 21 heavy (non-hydrogen) atoms. The Labute approximate surface area is 128 Å². The number of nitrogens with zero attached hydrogens (tertiary/aromatic N) is 2. The van der Waals surface area contributed by atoms with Crippen LogP contribution in [0.2, 0.25) is 0 Å². The van der Waals surface area contributed by atoms with Gasteiger partial charge in [-0.2, -0.15) is 0 Å². The molecule has 0 bridgehead atoms. The molecular weight excluding hydrogens is 264 g/mol. The molecule has 0 aliphatic heterocycles. The fraction of sp³-hybridized carbons (Fsp3) is 0.625. The van der Waals surface area contributed by atoms with Crippen molar-refractivity contribution in [3.05, 3.63) is 23.9 Å². The number of anilines is 1. The molecule has 1 heterocycles. The number of rotatable bonds is 9. The monoisotopic (exact) mass is 292 g/mol. The standard InChI is InChI=1S/C16H28N4O/c1-5-17-15-12-14(8-10-18-15)16(21)19-9-6-7-11-20(4)13(2)3/h8,10,12-13H,5-7,9,11H2,1-4H3,(H,17,18)(H,19,21). The van der Waals surface area contributed by atoms with E-state index in [9.17, 15) is 4.79 Å². The third-order valence-corrected chi connectivity index (χ3v) is 3.48. The molecule has 0 aromatic carbocycles. The van der Waals surface area contributed by atoms with Gasteiger partial charge < -0.3 is 15.5 Å². The summed E-state index contributed by atoms with van der Waals surface area (Å²) in [6.45, 7) is 8.95. The molecule has 0 saturated carbocycles. The van der Waals surface area contributed by atoms with Gasteiger partial charge in [-0.3, -0.25) is 4.79 Å². The first kappa shape index (κ1) is 17.4. The van der Waals surface area contributed by atoms with Gasteiger partial charge in [-0.15, -0.1) is 0 Å². The molecular formula is C16H28N4O. The average molecular weight is 292 g/mol. The smallest absolute Gasteiger partial charge is 0.251 e. The summed E-state index contributed by atoms with van der Waals surface area (Å²) in [6.07, 6.45) is 3.74. The van der Waals surface area contributed by atoms with Gasteiger partial charge in [0.25, 0.3) is 5.91 Å². The quantitative estimate of drug-likeness (QED) is 0.686. The normalized spacial score (nSPS) is 11.0. The summed E-state index contributed by atoms with van der Waals surface area (Å²) in [5.41, 5.74) is 0.653. The van der Waals surface area contributed by atoms with Crippen molar-refractivity contribution in [3.63, 3.8) is 0 Å². The second kappa shape index (κ2) is 9.34. The number of hydrogen-bond donors (Lipinski definition) is 2. The molecule has 0 radical (unpaired) electrons. The van der Waals surface area contributed by atoms with Crippen molar-refractivity contribution >= 4 is 11.7 Å². The van der Waals surface area contributed by atoms with Crippen LogP contribution in [0.5, 0.6) is 0 Å². The van der Waals surface area contributed by atoms with Crippen molar-refractivity contribution < 1.29 is 4.79 Å². The van der Waals surface area contributed by atoms with Crippen LogP contribution in [-0.4, -0.2) is 48.5 Å². The van der Waals surface area contributed by atoms with Crippen molar-refractivity contribution in [3.8, 4) is 0 Å². The van der Waals surface area contributed by atoms with E-state index in [1.54, 1.807) is 18.3 Å². The number of nitrogens with one attached hydrogen (secondary N) is 2. The third-order valence-electron chi connectivity index (χ3n) is 3.48. The van der Waals surface area contributed by atoms with Gasteiger partial charge in [-0.25, -0.2) is 4.98 Å². The molecule has 1 aromatic rings. The summed E-state index contributed by atoms with van der Waals surface area (Å²) in [5.74, 6) is 0.706. The van der Waals surface area contributed by atoms with E-state index in [0.717, 1.165) is 31.7 Å². The van der Waals surface area contributed by atoms with E-state index in [2.05, 4.69) is 41.4 Å². The summed E-state index contributed by atoms with van der Waals surface area (Å²) in [6, 6.07) is 4.09. The Morgan fingerprint density at radius 1 is 1.38 bits per heavy atom. The SMILES string of the molecule is CCNc1cc(C(=O)NCCCCN(C)C(C)C)ccn1. The molecule has 0 aliphatic rings. The minimum Gasteiger partial charge on any atom is -0.370 e. The van der Waals surface area contributed by atoms with Gasteiger partial charge in [-0.1, -0.05) is 0 Å². The van der Waals surface area contributed by atoms with Gasteiger partial charge in [0.1, 0.15) is 5.82 Å². The van der Waals surface area contributed by atoms with Gasteiger partial charge in [0.2, 0.25) is 0 Å². The second-order valence-electron chi connectivity index (χ2n) is 5.50. The van der Waals surface area contributed by atoms with Crippen molar-refractivity contribution in [1.29, 1.82) is 0 Å². The van der Waals surface area contributed by atoms with Crippen LogP contribution in [0.4, 0.5) is 5.82 Å². The van der Waals surface area contributed by atoms with Crippen LogP contribution in [0, 0.1) is 0 Å². The van der Waals surface area contributed by atoms with Crippen LogP contribution in [-0.2, 0) is 0 Å². The Morgan fingerprint density at radius 2 is 2.14 bits per heavy atom. The molecule has 0 atom stereocenters. The number of unbranched alkanes of at least 4 members (excludes halogenated alkanes) is 1. The molecule has 1 amide bonds. The van der Waals surface area contributed by atoms with Gasteiger partial charge in [-0.05, 0) is 59.3 Å². The summed E-state index contributed by atoms with van der Waals surface area (Å²) in [7, 11) is 2.13. The zero-order valence-corrected chi connectivity index (χ0v) is 13.6. The predicted molar refractivity (Wildman–Crippen MR) is 87.7 cm³/mol. The summed E-state index contributed by atoms with van der Waals surface area (Å²) < 4.78 is 0. The van der Waals surface area contributed by atoms with E-state index in [1.165, 1.54) is 0 Å². The molecule has 118 valence electrons. The topological polar surface area (TPSA) is 57.3 Å². The molecule has 2 N–H and O–H groups in total. The average Bonchev–Trinajstić information content (AvgIpc) is 2.47. The van der Waals surface area contributed by atoms with E-state index >= 15 is 0 Å². The third kappa shape index (κ3) is 6.58. The molecule has 0 saturated heterocycles. The number of amides is 1. The van der Waals surface area contributed by atoms with Crippen molar-refractivity contribution in [1.82, 2.24) is 15.2 Å². The van der Waals surface area contributed by atoms with Crippen LogP contribution in [0.25, 0.3) is 0 Å². The lowest BCUT2D eigenvalue weighted by Gasteiger charge is -2.20. The molecule has 0 fully saturated rings. The number of pyridine rings is 1. The van der Waals surface area contributed by atoms with Crippen molar-refractivity contribution in [2.75, 3.05) is 32.0 Å². The second-order valence-corrected chi connectivity index (χ2v) is 5.50. The van der Waals surface area contributed by atoms with Crippen molar-refractivity contribution in [2.45, 2.75) is 39.7 Å². The summed E-state index contributed by atoms with van der Waals surface area (Å²) >= 11 is 0. The highest BCUT2D eigenvalue weighted by Crippen LogP contribution is 2.06. The van der Waals surface area contributed by atoms with E-state index in [0.29, 0.717) is 18.2 Å². The number of carbonyl (C=O) groups is 1. The number of carbonyl (C=O) groups excluding carboxylic acids is 1. The fourth-order valence-corrected chi connectivity index (χ4v) is 1.90. The highest BCUT2D eigenvalue weighted by molar-refractivity contribution is 5.94. The van der Waals surface area contributed by atoms with Crippen molar-refractivity contribution in [2.24, 2.45) is 0 Å².